The van der Waals surface area contributed by atoms with E-state index < -0.39 is 0 Å². The normalized spacial score (nSPS) is 20.8. The zero-order valence-electron chi connectivity index (χ0n) is 19.5. The van der Waals surface area contributed by atoms with Gasteiger partial charge in [-0.1, -0.05) is 17.7 Å². The van der Waals surface area contributed by atoms with Gasteiger partial charge in [0, 0.05) is 52.7 Å². The molecule has 3 heterocycles. The third-order valence-corrected chi connectivity index (χ3v) is 9.03. The minimum absolute atomic E-state index is 0.0958. The number of piperidine rings is 1. The monoisotopic (exact) mass is 484 g/mol. The number of aromatic amines is 1. The summed E-state index contributed by atoms with van der Waals surface area (Å²) in [5.41, 5.74) is 3.57. The highest BCUT2D eigenvalue weighted by atomic mass is 35.5. The molecule has 1 atom stereocenters. The number of halogens is 1. The second-order valence-electron chi connectivity index (χ2n) is 9.69. The maximum atomic E-state index is 13.1. The highest BCUT2D eigenvalue weighted by Gasteiger charge is 2.39. The number of hydrogen-bond acceptors (Lipinski definition) is 4. The van der Waals surface area contributed by atoms with E-state index >= 15 is 0 Å². The van der Waals surface area contributed by atoms with Crippen molar-refractivity contribution in [1.82, 2.24) is 20.1 Å². The van der Waals surface area contributed by atoms with Gasteiger partial charge in [-0.05, 0) is 81.4 Å². The number of nitrogens with zero attached hydrogens (tertiary/aromatic N) is 2. The average Bonchev–Trinajstić information content (AvgIpc) is 3.48. The number of H-pyrrole nitrogens is 1. The number of aryl methyl sites for hydroxylation is 1. The number of likely N-dealkylation sites (tertiary alicyclic amines) is 1. The Morgan fingerprint density at radius 2 is 2.12 bits per heavy atom. The van der Waals surface area contributed by atoms with E-state index in [0.717, 1.165) is 68.0 Å². The number of aromatic nitrogens is 1. The Bertz CT molecular complexity index is 1110. The summed E-state index contributed by atoms with van der Waals surface area (Å²) in [4.78, 5) is 23.0. The van der Waals surface area contributed by atoms with Crippen LogP contribution in [0.25, 0.3) is 10.9 Å². The quantitative estimate of drug-likeness (QED) is 0.519. The summed E-state index contributed by atoms with van der Waals surface area (Å²) < 4.78 is 0. The van der Waals surface area contributed by atoms with Crippen LogP contribution < -0.4 is 5.32 Å². The van der Waals surface area contributed by atoms with E-state index in [9.17, 15) is 4.79 Å². The lowest BCUT2D eigenvalue weighted by Gasteiger charge is -2.45. The van der Waals surface area contributed by atoms with Gasteiger partial charge in [0.2, 0.25) is 5.91 Å². The van der Waals surface area contributed by atoms with Gasteiger partial charge in [0.1, 0.15) is 0 Å². The minimum Gasteiger partial charge on any atom is -0.357 e. The van der Waals surface area contributed by atoms with Crippen molar-refractivity contribution in [2.24, 2.45) is 0 Å². The standard InChI is InChI=1S/C26H33ClN4OS/c1-30(2)26(23-7-4-16-33-23)10-13-31(14-11-26)15-12-28-25(32)20-6-3-5-19-21-17-18(27)8-9-22(21)29-24(19)20/h4,7-9,16-17,20,29H,3,5-6,10-15H2,1-2H3,(H,28,32). The van der Waals surface area contributed by atoms with Crippen molar-refractivity contribution >= 4 is 39.7 Å². The van der Waals surface area contributed by atoms with Crippen LogP contribution >= 0.6 is 22.9 Å². The van der Waals surface area contributed by atoms with Crippen LogP contribution in [0.4, 0.5) is 0 Å². The van der Waals surface area contributed by atoms with Crippen molar-refractivity contribution in [1.29, 1.82) is 0 Å². The number of carbonyl (C=O) groups is 1. The van der Waals surface area contributed by atoms with Crippen LogP contribution in [0.2, 0.25) is 5.02 Å². The van der Waals surface area contributed by atoms with E-state index in [1.165, 1.54) is 15.8 Å². The van der Waals surface area contributed by atoms with E-state index in [-0.39, 0.29) is 17.4 Å². The molecular formula is C26H33ClN4OS. The first-order chi connectivity index (χ1) is 16.0. The first-order valence-electron chi connectivity index (χ1n) is 12.0. The molecule has 0 bridgehead atoms. The van der Waals surface area contributed by atoms with E-state index in [1.807, 2.05) is 29.5 Å². The van der Waals surface area contributed by atoms with Crippen LogP contribution in [0.3, 0.4) is 0 Å². The molecule has 176 valence electrons. The fourth-order valence-corrected chi connectivity index (χ4v) is 7.00. The molecule has 1 aromatic carbocycles. The largest absolute Gasteiger partial charge is 0.357 e. The minimum atomic E-state index is -0.0958. The Kier molecular flexibility index (Phi) is 6.54. The van der Waals surface area contributed by atoms with Gasteiger partial charge in [0.25, 0.3) is 0 Å². The van der Waals surface area contributed by atoms with E-state index in [4.69, 9.17) is 11.6 Å². The maximum absolute atomic E-state index is 13.1. The van der Waals surface area contributed by atoms with E-state index in [1.54, 1.807) is 0 Å². The summed E-state index contributed by atoms with van der Waals surface area (Å²) in [6.45, 7) is 3.72. The molecule has 0 saturated carbocycles. The molecule has 5 rings (SSSR count). The molecular weight excluding hydrogens is 452 g/mol. The Balaban J connectivity index is 1.18. The van der Waals surface area contributed by atoms with Crippen LogP contribution in [0, 0.1) is 0 Å². The molecule has 5 nitrogen and oxygen atoms in total. The predicted octanol–water partition coefficient (Wildman–Crippen LogP) is 4.97. The molecule has 0 radical (unpaired) electrons. The molecule has 2 aromatic heterocycles. The zero-order chi connectivity index (χ0) is 23.0. The summed E-state index contributed by atoms with van der Waals surface area (Å²) >= 11 is 8.09. The van der Waals surface area contributed by atoms with Crippen LogP contribution in [0.1, 0.15) is 47.7 Å². The van der Waals surface area contributed by atoms with Crippen LogP contribution in [-0.4, -0.2) is 61.0 Å². The molecule has 1 saturated heterocycles. The van der Waals surface area contributed by atoms with Gasteiger partial charge in [-0.2, -0.15) is 0 Å². The molecule has 1 aliphatic heterocycles. The van der Waals surface area contributed by atoms with E-state index in [2.05, 4.69) is 51.7 Å². The second-order valence-corrected chi connectivity index (χ2v) is 11.1. The second kappa shape index (κ2) is 9.41. The third-order valence-electron chi connectivity index (χ3n) is 7.73. The third kappa shape index (κ3) is 4.34. The number of hydrogen-bond donors (Lipinski definition) is 2. The van der Waals surface area contributed by atoms with Crippen molar-refractivity contribution in [2.45, 2.75) is 43.6 Å². The summed E-state index contributed by atoms with van der Waals surface area (Å²) in [5.74, 6) is 0.0494. The number of amides is 1. The number of nitrogens with one attached hydrogen (secondary N) is 2. The molecule has 0 spiro atoms. The summed E-state index contributed by atoms with van der Waals surface area (Å²) in [6.07, 6.45) is 5.18. The predicted molar refractivity (Wildman–Crippen MR) is 137 cm³/mol. The molecule has 33 heavy (non-hydrogen) atoms. The fourth-order valence-electron chi connectivity index (χ4n) is 5.76. The highest BCUT2D eigenvalue weighted by molar-refractivity contribution is 7.10. The topological polar surface area (TPSA) is 51.4 Å². The molecule has 2 N–H and O–H groups in total. The number of benzene rings is 1. The maximum Gasteiger partial charge on any atom is 0.229 e. The van der Waals surface area contributed by atoms with Gasteiger partial charge in [-0.15, -0.1) is 11.3 Å². The first kappa shape index (κ1) is 22.9. The molecule has 2 aliphatic rings. The van der Waals surface area contributed by atoms with Gasteiger partial charge in [0.05, 0.1) is 11.5 Å². The van der Waals surface area contributed by atoms with Crippen molar-refractivity contribution in [2.75, 3.05) is 40.3 Å². The average molecular weight is 485 g/mol. The van der Waals surface area contributed by atoms with Crippen LogP contribution in [0.15, 0.2) is 35.7 Å². The van der Waals surface area contributed by atoms with Crippen molar-refractivity contribution in [3.63, 3.8) is 0 Å². The van der Waals surface area contributed by atoms with Crippen LogP contribution in [-0.2, 0) is 16.8 Å². The van der Waals surface area contributed by atoms with E-state index in [0.29, 0.717) is 6.54 Å². The van der Waals surface area contributed by atoms with Gasteiger partial charge in [0.15, 0.2) is 0 Å². The van der Waals surface area contributed by atoms with Crippen LogP contribution in [0.5, 0.6) is 0 Å². The lowest BCUT2D eigenvalue weighted by Crippen LogP contribution is -2.51. The summed E-state index contributed by atoms with van der Waals surface area (Å²) in [7, 11) is 4.40. The van der Waals surface area contributed by atoms with Gasteiger partial charge in [-0.3, -0.25) is 9.69 Å². The molecule has 1 unspecified atom stereocenters. The lowest BCUT2D eigenvalue weighted by atomic mass is 9.84. The lowest BCUT2D eigenvalue weighted by molar-refractivity contribution is -0.123. The SMILES string of the molecule is CN(C)C1(c2cccs2)CCN(CCNC(=O)C2CCCc3c2[nH]c2ccc(Cl)cc32)CC1. The van der Waals surface area contributed by atoms with Gasteiger partial charge in [-0.25, -0.2) is 0 Å². The number of fused-ring (bicyclic) bond motifs is 3. The molecule has 7 heteroatoms. The Hall–Kier alpha value is -1.86. The fraction of sp³-hybridized carbons (Fsp3) is 0.500. The number of rotatable bonds is 6. The molecule has 3 aromatic rings. The van der Waals surface area contributed by atoms with Gasteiger partial charge >= 0.3 is 0 Å². The smallest absolute Gasteiger partial charge is 0.229 e. The highest BCUT2D eigenvalue weighted by Crippen LogP contribution is 2.40. The molecule has 1 fully saturated rings. The molecule has 1 aliphatic carbocycles. The van der Waals surface area contributed by atoms with Crippen molar-refractivity contribution < 1.29 is 4.79 Å². The van der Waals surface area contributed by atoms with Crippen molar-refractivity contribution in [3.05, 3.63) is 56.9 Å². The first-order valence-corrected chi connectivity index (χ1v) is 13.3. The van der Waals surface area contributed by atoms with Crippen molar-refractivity contribution in [3.8, 4) is 0 Å². The molecule has 1 amide bonds. The number of thiophene rings is 1. The Morgan fingerprint density at radius 3 is 2.85 bits per heavy atom. The number of carbonyl (C=O) groups excluding carboxylic acids is 1. The Labute approximate surface area is 205 Å². The van der Waals surface area contributed by atoms with Gasteiger partial charge < -0.3 is 15.2 Å². The summed E-state index contributed by atoms with van der Waals surface area (Å²) in [5, 5.41) is 7.32. The Morgan fingerprint density at radius 1 is 1.30 bits per heavy atom. The summed E-state index contributed by atoms with van der Waals surface area (Å²) in [6, 6.07) is 10.4. The zero-order valence-corrected chi connectivity index (χ0v) is 21.1.